The van der Waals surface area contributed by atoms with E-state index in [2.05, 4.69) is 44.2 Å². The number of fused-ring (bicyclic) bond motifs is 1. The quantitative estimate of drug-likeness (QED) is 0.496. The fourth-order valence-electron chi connectivity index (χ4n) is 3.35. The van der Waals surface area contributed by atoms with Gasteiger partial charge in [-0.25, -0.2) is 0 Å². The Hall–Kier alpha value is -2.85. The van der Waals surface area contributed by atoms with E-state index in [9.17, 15) is 4.79 Å². The van der Waals surface area contributed by atoms with Gasteiger partial charge in [-0.1, -0.05) is 36.8 Å². The summed E-state index contributed by atoms with van der Waals surface area (Å²) in [7, 11) is 0. The molecule has 0 aliphatic carbocycles. The minimum atomic E-state index is 0.310. The summed E-state index contributed by atoms with van der Waals surface area (Å²) in [5, 5.41) is 0. The zero-order valence-corrected chi connectivity index (χ0v) is 16.8. The third-order valence-electron chi connectivity index (χ3n) is 4.76. The summed E-state index contributed by atoms with van der Waals surface area (Å²) in [6, 6.07) is 16.6. The van der Waals surface area contributed by atoms with Crippen LogP contribution in [-0.2, 0) is 17.8 Å². The monoisotopic (exact) mass is 390 g/mol. The Morgan fingerprint density at radius 2 is 2.07 bits per heavy atom. The maximum absolute atomic E-state index is 10.9. The summed E-state index contributed by atoms with van der Waals surface area (Å²) in [4.78, 5) is 13.5. The lowest BCUT2D eigenvalue weighted by molar-refractivity contribution is -0.105. The molecule has 0 amide bonds. The minimum absolute atomic E-state index is 0.310. The Bertz CT molecular complexity index is 1050. The van der Waals surface area contributed by atoms with Gasteiger partial charge in [0, 0.05) is 27.0 Å². The van der Waals surface area contributed by atoms with Gasteiger partial charge in [-0.2, -0.15) is 0 Å². The molecule has 4 rings (SSSR count). The first-order chi connectivity index (χ1) is 13.7. The molecule has 3 aromatic rings. The van der Waals surface area contributed by atoms with Crippen LogP contribution in [0.25, 0.3) is 17.2 Å². The van der Waals surface area contributed by atoms with Crippen molar-refractivity contribution >= 4 is 23.7 Å². The molecule has 0 saturated carbocycles. The SMILES string of the molecule is CCc1sc(COc2ccc3c(c2)OCC(C=O)=C3)cc1-c1cccc(C)c1. The van der Waals surface area contributed by atoms with Crippen LogP contribution in [0.5, 0.6) is 11.5 Å². The molecule has 4 heteroatoms. The van der Waals surface area contributed by atoms with E-state index in [1.54, 1.807) is 11.3 Å². The maximum Gasteiger partial charge on any atom is 0.149 e. The van der Waals surface area contributed by atoms with Crippen molar-refractivity contribution < 1.29 is 14.3 Å². The average molecular weight is 391 g/mol. The van der Waals surface area contributed by atoms with Crippen LogP contribution < -0.4 is 9.47 Å². The molecule has 2 heterocycles. The van der Waals surface area contributed by atoms with Crippen molar-refractivity contribution in [2.45, 2.75) is 26.9 Å². The Morgan fingerprint density at radius 3 is 2.86 bits per heavy atom. The number of benzene rings is 2. The van der Waals surface area contributed by atoms with Crippen molar-refractivity contribution in [1.29, 1.82) is 0 Å². The number of aldehydes is 1. The third kappa shape index (κ3) is 3.87. The lowest BCUT2D eigenvalue weighted by atomic mass is 10.0. The molecule has 0 radical (unpaired) electrons. The predicted octanol–water partition coefficient (Wildman–Crippen LogP) is 5.84. The van der Waals surface area contributed by atoms with Gasteiger partial charge in [-0.05, 0) is 48.7 Å². The van der Waals surface area contributed by atoms with E-state index in [4.69, 9.17) is 9.47 Å². The molecule has 0 spiro atoms. The van der Waals surface area contributed by atoms with Crippen molar-refractivity contribution in [2.24, 2.45) is 0 Å². The number of thiophene rings is 1. The summed E-state index contributed by atoms with van der Waals surface area (Å²) in [6.07, 6.45) is 3.70. The highest BCUT2D eigenvalue weighted by atomic mass is 32.1. The van der Waals surface area contributed by atoms with Crippen LogP contribution in [0.4, 0.5) is 0 Å². The van der Waals surface area contributed by atoms with E-state index in [1.165, 1.54) is 26.4 Å². The Balaban J connectivity index is 1.51. The second kappa shape index (κ2) is 8.03. The fraction of sp³-hybridized carbons (Fsp3) is 0.208. The third-order valence-corrected chi connectivity index (χ3v) is 6.02. The molecule has 0 atom stereocenters. The smallest absolute Gasteiger partial charge is 0.149 e. The van der Waals surface area contributed by atoms with Gasteiger partial charge in [-0.3, -0.25) is 4.79 Å². The number of rotatable bonds is 6. The molecule has 0 N–H and O–H groups in total. The second-order valence-electron chi connectivity index (χ2n) is 6.89. The highest BCUT2D eigenvalue weighted by Gasteiger charge is 2.13. The number of carbonyl (C=O) groups excluding carboxylic acids is 1. The van der Waals surface area contributed by atoms with Crippen LogP contribution >= 0.6 is 11.3 Å². The van der Waals surface area contributed by atoms with Gasteiger partial charge in [-0.15, -0.1) is 11.3 Å². The van der Waals surface area contributed by atoms with Crippen LogP contribution in [0.2, 0.25) is 0 Å². The molecular formula is C24H22O3S. The molecule has 0 saturated heterocycles. The second-order valence-corrected chi connectivity index (χ2v) is 8.11. The minimum Gasteiger partial charge on any atom is -0.488 e. The summed E-state index contributed by atoms with van der Waals surface area (Å²) >= 11 is 1.81. The summed E-state index contributed by atoms with van der Waals surface area (Å²) in [5.41, 5.74) is 5.39. The molecule has 0 unspecified atom stereocenters. The largest absolute Gasteiger partial charge is 0.488 e. The highest BCUT2D eigenvalue weighted by molar-refractivity contribution is 7.12. The lowest BCUT2D eigenvalue weighted by Crippen LogP contribution is -2.08. The van der Waals surface area contributed by atoms with Crippen LogP contribution in [0.1, 0.15) is 27.8 Å². The first-order valence-electron chi connectivity index (χ1n) is 9.40. The van der Waals surface area contributed by atoms with Crippen molar-refractivity contribution in [1.82, 2.24) is 0 Å². The molecule has 1 aliphatic rings. The van der Waals surface area contributed by atoms with Crippen LogP contribution in [0.15, 0.2) is 54.1 Å². The van der Waals surface area contributed by atoms with Crippen LogP contribution in [0, 0.1) is 6.92 Å². The first kappa shape index (κ1) is 18.5. The topological polar surface area (TPSA) is 35.5 Å². The number of ether oxygens (including phenoxy) is 2. The number of hydrogen-bond acceptors (Lipinski definition) is 4. The Morgan fingerprint density at radius 1 is 1.18 bits per heavy atom. The zero-order chi connectivity index (χ0) is 19.5. The van der Waals surface area contributed by atoms with E-state index >= 15 is 0 Å². The van der Waals surface area contributed by atoms with Crippen LogP contribution in [-0.4, -0.2) is 12.9 Å². The molecule has 0 bridgehead atoms. The van der Waals surface area contributed by atoms with Gasteiger partial charge in [0.05, 0.1) is 0 Å². The van der Waals surface area contributed by atoms with E-state index in [-0.39, 0.29) is 0 Å². The number of carbonyl (C=O) groups is 1. The molecule has 3 nitrogen and oxygen atoms in total. The molecule has 2 aromatic carbocycles. The highest BCUT2D eigenvalue weighted by Crippen LogP contribution is 2.34. The molecule has 28 heavy (non-hydrogen) atoms. The normalized spacial score (nSPS) is 12.7. The lowest BCUT2D eigenvalue weighted by Gasteiger charge is -2.16. The first-order valence-corrected chi connectivity index (χ1v) is 10.2. The standard InChI is InChI=1S/C24H22O3S/c1-3-24-22(18-6-4-5-16(2)9-18)12-21(28-24)15-26-20-8-7-19-10-17(13-25)14-27-23(19)11-20/h4-13H,3,14-15H2,1-2H3. The van der Waals surface area contributed by atoms with E-state index in [0.29, 0.717) is 18.8 Å². The Labute approximate surface area is 169 Å². The number of aryl methyl sites for hydroxylation is 2. The van der Waals surface area contributed by atoms with E-state index < -0.39 is 0 Å². The fourth-order valence-corrected chi connectivity index (χ4v) is 4.39. The van der Waals surface area contributed by atoms with E-state index in [1.807, 2.05) is 24.3 Å². The van der Waals surface area contributed by atoms with Gasteiger partial charge < -0.3 is 9.47 Å². The van der Waals surface area contributed by atoms with Crippen LogP contribution in [0.3, 0.4) is 0 Å². The predicted molar refractivity (Wildman–Crippen MR) is 114 cm³/mol. The van der Waals surface area contributed by atoms with Gasteiger partial charge in [0.2, 0.25) is 0 Å². The molecular weight excluding hydrogens is 368 g/mol. The summed E-state index contributed by atoms with van der Waals surface area (Å²) in [6.45, 7) is 5.15. The van der Waals surface area contributed by atoms with Crippen molar-refractivity contribution in [2.75, 3.05) is 6.61 Å². The maximum atomic E-state index is 10.9. The summed E-state index contributed by atoms with van der Waals surface area (Å²) < 4.78 is 11.7. The Kier molecular flexibility index (Phi) is 5.31. The van der Waals surface area contributed by atoms with Crippen molar-refractivity contribution in [3.05, 3.63) is 75.0 Å². The zero-order valence-electron chi connectivity index (χ0n) is 16.0. The van der Waals surface area contributed by atoms with Crippen molar-refractivity contribution in [3.8, 4) is 22.6 Å². The molecule has 0 fully saturated rings. The van der Waals surface area contributed by atoms with Gasteiger partial charge in [0.15, 0.2) is 0 Å². The van der Waals surface area contributed by atoms with Gasteiger partial charge in [0.1, 0.15) is 31.0 Å². The molecule has 1 aliphatic heterocycles. The molecule has 142 valence electrons. The average Bonchev–Trinajstić information content (AvgIpc) is 3.15. The number of hydrogen-bond donors (Lipinski definition) is 0. The van der Waals surface area contributed by atoms with Crippen molar-refractivity contribution in [3.63, 3.8) is 0 Å². The molecule has 1 aromatic heterocycles. The summed E-state index contributed by atoms with van der Waals surface area (Å²) in [5.74, 6) is 1.52. The van der Waals surface area contributed by atoms with E-state index in [0.717, 1.165) is 29.8 Å². The van der Waals surface area contributed by atoms with Gasteiger partial charge in [0.25, 0.3) is 0 Å². The van der Waals surface area contributed by atoms with Gasteiger partial charge >= 0.3 is 0 Å².